The smallest absolute Gasteiger partial charge is 0.397 e. The number of hydrogen-bond acceptors (Lipinski definition) is 9. The van der Waals surface area contributed by atoms with Gasteiger partial charge >= 0.3 is 26.8 Å². The van der Waals surface area contributed by atoms with E-state index in [0.29, 0.717) is 0 Å². The van der Waals surface area contributed by atoms with Crippen LogP contribution in [0.3, 0.4) is 0 Å². The van der Waals surface area contributed by atoms with E-state index in [1.54, 1.807) is 0 Å². The van der Waals surface area contributed by atoms with E-state index in [1.807, 2.05) is 0 Å². The molecule has 0 saturated heterocycles. The van der Waals surface area contributed by atoms with Crippen LogP contribution in [0.5, 0.6) is 0 Å². The summed E-state index contributed by atoms with van der Waals surface area (Å²) in [4.78, 5) is 11.2. The van der Waals surface area contributed by atoms with Crippen molar-refractivity contribution in [2.45, 2.75) is 12.5 Å². The molecule has 0 bridgehead atoms. The van der Waals surface area contributed by atoms with Crippen LogP contribution in [0, 0.1) is 0 Å². The number of rotatable bonds is 10. The van der Waals surface area contributed by atoms with Gasteiger partial charge in [-0.05, 0) is 0 Å². The maximum Gasteiger partial charge on any atom is 0.397 e. The van der Waals surface area contributed by atoms with Gasteiger partial charge in [-0.3, -0.25) is 9.11 Å². The Morgan fingerprint density at radius 3 is 1.95 bits per heavy atom. The zero-order valence-electron chi connectivity index (χ0n) is 10.3. The van der Waals surface area contributed by atoms with Gasteiger partial charge in [-0.25, -0.2) is 13.2 Å². The Labute approximate surface area is 115 Å². The number of esters is 1. The Bertz CT molecular complexity index is 493. The first-order valence-corrected chi connectivity index (χ1v) is 7.71. The summed E-state index contributed by atoms with van der Waals surface area (Å²) in [6.45, 7) is -1.52. The van der Waals surface area contributed by atoms with Crippen LogP contribution < -0.4 is 0 Å². The molecule has 0 aromatic carbocycles. The molecule has 20 heavy (non-hydrogen) atoms. The lowest BCUT2D eigenvalue weighted by Crippen LogP contribution is -2.29. The van der Waals surface area contributed by atoms with E-state index in [9.17, 15) is 21.6 Å². The monoisotopic (exact) mass is 338 g/mol. The molecule has 2 N–H and O–H groups in total. The molecule has 1 atom stereocenters. The molecule has 0 radical (unpaired) electrons. The van der Waals surface area contributed by atoms with Crippen molar-refractivity contribution in [1.29, 1.82) is 0 Å². The predicted octanol–water partition coefficient (Wildman–Crippen LogP) is -1.43. The molecule has 1 unspecified atom stereocenters. The van der Waals surface area contributed by atoms with Gasteiger partial charge in [0.05, 0.1) is 26.9 Å². The highest BCUT2D eigenvalue weighted by Crippen LogP contribution is 2.03. The summed E-state index contributed by atoms with van der Waals surface area (Å²) in [5, 5.41) is 0. The molecule has 0 saturated carbocycles. The minimum atomic E-state index is -4.64. The fourth-order valence-electron chi connectivity index (χ4n) is 0.991. The molecule has 0 fully saturated rings. The highest BCUT2D eigenvalue weighted by Gasteiger charge is 2.21. The lowest BCUT2D eigenvalue weighted by Gasteiger charge is -2.14. The van der Waals surface area contributed by atoms with E-state index >= 15 is 0 Å². The van der Waals surface area contributed by atoms with Gasteiger partial charge in [0.15, 0.2) is 6.10 Å². The van der Waals surface area contributed by atoms with Crippen molar-refractivity contribution < 1.29 is 48.6 Å². The highest BCUT2D eigenvalue weighted by molar-refractivity contribution is 7.81. The molecule has 11 nitrogen and oxygen atoms in total. The number of carbonyl (C=O) groups excluding carboxylic acids is 1. The van der Waals surface area contributed by atoms with Crippen molar-refractivity contribution in [3.63, 3.8) is 0 Å². The second-order valence-electron chi connectivity index (χ2n) is 3.17. The van der Waals surface area contributed by atoms with E-state index in [2.05, 4.69) is 13.1 Å². The predicted molar refractivity (Wildman–Crippen MR) is 61.4 cm³/mol. The van der Waals surface area contributed by atoms with Crippen molar-refractivity contribution in [3.8, 4) is 0 Å². The standard InChI is InChI=1S/C7H14O11S2/c1-15-7(8)6(2-3-17-19(9,10)11)16-4-5-18-20(12,13)14/h6H,2-5H2,1H3,(H,9,10,11)(H,12,13,14). The molecule has 0 heterocycles. The summed E-state index contributed by atoms with van der Waals surface area (Å²) in [6.07, 6.45) is -1.54. The van der Waals surface area contributed by atoms with Crippen LogP contribution in [0.1, 0.15) is 6.42 Å². The fraction of sp³-hybridized carbons (Fsp3) is 0.857. The summed E-state index contributed by atoms with van der Waals surface area (Å²) >= 11 is 0. The van der Waals surface area contributed by atoms with Crippen molar-refractivity contribution in [2.24, 2.45) is 0 Å². The molecule has 0 aromatic heterocycles. The first-order valence-electron chi connectivity index (χ1n) is 4.98. The summed E-state index contributed by atoms with van der Waals surface area (Å²) in [5.41, 5.74) is 0. The SMILES string of the molecule is COC(=O)C(CCOS(=O)(=O)O)OCCOS(=O)(=O)O. The van der Waals surface area contributed by atoms with Gasteiger partial charge in [0, 0.05) is 6.42 Å². The third-order valence-electron chi connectivity index (χ3n) is 1.71. The number of ether oxygens (including phenoxy) is 2. The molecule has 120 valence electrons. The molecular formula is C7H14O11S2. The summed E-state index contributed by atoms with van der Waals surface area (Å²) in [6, 6.07) is 0. The molecule has 0 spiro atoms. The van der Waals surface area contributed by atoms with Crippen molar-refractivity contribution >= 4 is 26.8 Å². The van der Waals surface area contributed by atoms with Crippen LogP contribution in [0.2, 0.25) is 0 Å². The largest absolute Gasteiger partial charge is 0.467 e. The van der Waals surface area contributed by atoms with Crippen molar-refractivity contribution in [1.82, 2.24) is 0 Å². The quantitative estimate of drug-likeness (QED) is 0.273. The van der Waals surface area contributed by atoms with Crippen LogP contribution in [0.25, 0.3) is 0 Å². The third-order valence-corrected chi connectivity index (χ3v) is 2.64. The number of carbonyl (C=O) groups is 1. The average molecular weight is 338 g/mol. The maximum atomic E-state index is 11.2. The molecule has 0 amide bonds. The van der Waals surface area contributed by atoms with E-state index < -0.39 is 52.7 Å². The Balaban J connectivity index is 4.19. The van der Waals surface area contributed by atoms with E-state index in [1.165, 1.54) is 0 Å². The zero-order chi connectivity index (χ0) is 15.8. The maximum absolute atomic E-state index is 11.2. The van der Waals surface area contributed by atoms with Gasteiger partial charge < -0.3 is 9.47 Å². The molecule has 0 rings (SSSR count). The Morgan fingerprint density at radius 2 is 1.50 bits per heavy atom. The summed E-state index contributed by atoms with van der Waals surface area (Å²) in [7, 11) is -8.21. The average Bonchev–Trinajstić information content (AvgIpc) is 2.28. The molecular weight excluding hydrogens is 324 g/mol. The van der Waals surface area contributed by atoms with Crippen molar-refractivity contribution in [2.75, 3.05) is 26.9 Å². The lowest BCUT2D eigenvalue weighted by molar-refractivity contribution is -0.155. The zero-order valence-corrected chi connectivity index (χ0v) is 11.9. The normalized spacial score (nSPS) is 13.9. The number of methoxy groups -OCH3 is 1. The minimum absolute atomic E-state index is 0.279. The van der Waals surface area contributed by atoms with Crippen LogP contribution in [0.4, 0.5) is 0 Å². The molecule has 0 aliphatic carbocycles. The van der Waals surface area contributed by atoms with Gasteiger partial charge in [0.1, 0.15) is 0 Å². The minimum Gasteiger partial charge on any atom is -0.467 e. The number of hydrogen-bond donors (Lipinski definition) is 2. The first kappa shape index (κ1) is 19.2. The molecule has 0 aliphatic rings. The molecule has 0 aromatic rings. The highest BCUT2D eigenvalue weighted by atomic mass is 32.3. The van der Waals surface area contributed by atoms with Gasteiger partial charge in [0.25, 0.3) is 0 Å². The summed E-state index contributed by atoms with van der Waals surface area (Å²) in [5.74, 6) is -0.865. The summed E-state index contributed by atoms with van der Waals surface area (Å²) < 4.78 is 74.7. The van der Waals surface area contributed by atoms with Gasteiger partial charge in [0.2, 0.25) is 0 Å². The van der Waals surface area contributed by atoms with Crippen LogP contribution >= 0.6 is 0 Å². The van der Waals surface area contributed by atoms with E-state index in [4.69, 9.17) is 13.8 Å². The van der Waals surface area contributed by atoms with E-state index in [-0.39, 0.29) is 6.42 Å². The van der Waals surface area contributed by atoms with E-state index in [0.717, 1.165) is 7.11 Å². The topological polar surface area (TPSA) is 163 Å². The Hall–Kier alpha value is -0.830. The van der Waals surface area contributed by atoms with Gasteiger partial charge in [-0.2, -0.15) is 16.8 Å². The first-order chi connectivity index (χ1) is 9.05. The van der Waals surface area contributed by atoms with Crippen LogP contribution in [-0.4, -0.2) is 64.9 Å². The third kappa shape index (κ3) is 11.0. The molecule has 0 aliphatic heterocycles. The Morgan fingerprint density at radius 1 is 1.00 bits per heavy atom. The lowest BCUT2D eigenvalue weighted by atomic mass is 10.2. The van der Waals surface area contributed by atoms with Gasteiger partial charge in [-0.1, -0.05) is 0 Å². The Kier molecular flexibility index (Phi) is 8.10. The van der Waals surface area contributed by atoms with Gasteiger partial charge in [-0.15, -0.1) is 0 Å². The van der Waals surface area contributed by atoms with Crippen molar-refractivity contribution in [3.05, 3.63) is 0 Å². The van der Waals surface area contributed by atoms with Crippen LogP contribution in [0.15, 0.2) is 0 Å². The molecule has 13 heteroatoms. The van der Waals surface area contributed by atoms with Crippen LogP contribution in [-0.2, 0) is 43.4 Å². The second kappa shape index (κ2) is 8.46. The second-order valence-corrected chi connectivity index (χ2v) is 5.35. The fourth-order valence-corrected chi connectivity index (χ4v) is 1.58.